The molecule has 4 heterocycles. The number of nitrogens with two attached hydrogens (primary N) is 1. The number of nitrogens with zero attached hydrogens (tertiary/aromatic N) is 5. The zero-order chi connectivity index (χ0) is 43.3. The number of carbonyl (C=O) groups is 1. The number of aliphatic hydroxyl groups is 1. The molecule has 7 aromatic rings. The van der Waals surface area contributed by atoms with Gasteiger partial charge in [-0.1, -0.05) is 96.5 Å². The average molecular weight is 860 g/mol. The van der Waals surface area contributed by atoms with Gasteiger partial charge in [-0.15, -0.1) is 0 Å². The van der Waals surface area contributed by atoms with E-state index in [1.165, 1.54) is 6.33 Å². The van der Waals surface area contributed by atoms with Crippen molar-refractivity contribution < 1.29 is 28.8 Å². The molecule has 1 amide bonds. The molecule has 318 valence electrons. The SMILES string of the molecule is COc1ccc(C(OCC2OC(n3c(C#CCNC(=O)CCN4c5ccccc5Sc5ccccc54)nc4c(N)ncnc43)CC2O)(c2ccccc2)c2ccc(OC)cc2)cc1. The molecule has 3 unspecified atom stereocenters. The van der Waals surface area contributed by atoms with E-state index in [-0.39, 0.29) is 37.7 Å². The standard InChI is InChI=1S/C49H45N7O6S/c1-59-35-22-18-33(19-23-35)49(32-11-4-3-5-12-32,34-20-24-36(60-2)25-21-34)61-30-40-39(57)29-45(62-40)56-43(54-46-47(50)52-31-53-48(46)56)17-10-27-51-44(58)26-28-55-37-13-6-8-15-41(37)63-42-16-9-7-14-38(42)55/h3-9,11-16,18-25,31,39-40,45,57H,26-30H2,1-2H3,(H,51,58)(H2,50,52,53). The predicted molar refractivity (Wildman–Crippen MR) is 241 cm³/mol. The largest absolute Gasteiger partial charge is 0.497 e. The van der Waals surface area contributed by atoms with Crippen molar-refractivity contribution in [3.63, 3.8) is 0 Å². The maximum Gasteiger partial charge on any atom is 0.222 e. The van der Waals surface area contributed by atoms with Crippen molar-refractivity contribution in [1.82, 2.24) is 24.8 Å². The number of hydrogen-bond donors (Lipinski definition) is 3. The van der Waals surface area contributed by atoms with E-state index in [4.69, 9.17) is 29.7 Å². The van der Waals surface area contributed by atoms with Gasteiger partial charge in [0.2, 0.25) is 5.91 Å². The molecule has 1 saturated heterocycles. The first-order valence-corrected chi connectivity index (χ1v) is 21.4. The topological polar surface area (TPSA) is 159 Å². The third-order valence-electron chi connectivity index (χ3n) is 11.3. The summed E-state index contributed by atoms with van der Waals surface area (Å²) in [6, 6.07) is 41.9. The van der Waals surface area contributed by atoms with Gasteiger partial charge in [0.15, 0.2) is 22.8 Å². The molecule has 9 rings (SSSR count). The number of hydrogen-bond acceptors (Lipinski definition) is 12. The van der Waals surface area contributed by atoms with Crippen LogP contribution in [0.25, 0.3) is 11.2 Å². The van der Waals surface area contributed by atoms with Crippen LogP contribution in [0.15, 0.2) is 144 Å². The third kappa shape index (κ3) is 8.27. The number of ether oxygens (including phenoxy) is 4. The second kappa shape index (κ2) is 18.2. The Hall–Kier alpha value is -6.89. The lowest BCUT2D eigenvalue weighted by Crippen LogP contribution is -2.38. The summed E-state index contributed by atoms with van der Waals surface area (Å²) < 4.78 is 26.4. The second-order valence-electron chi connectivity index (χ2n) is 15.0. The van der Waals surface area contributed by atoms with Crippen molar-refractivity contribution >= 4 is 46.0 Å². The number of rotatable bonds is 13. The number of fused-ring (bicyclic) bond motifs is 3. The van der Waals surface area contributed by atoms with Crippen LogP contribution in [0.2, 0.25) is 0 Å². The van der Waals surface area contributed by atoms with Crippen LogP contribution in [0.4, 0.5) is 17.2 Å². The summed E-state index contributed by atoms with van der Waals surface area (Å²) in [5, 5.41) is 14.6. The molecule has 0 saturated carbocycles. The zero-order valence-corrected chi connectivity index (χ0v) is 35.5. The van der Waals surface area contributed by atoms with Crippen LogP contribution in [0.3, 0.4) is 0 Å². The molecular weight excluding hydrogens is 815 g/mol. The molecule has 0 aliphatic carbocycles. The van der Waals surface area contributed by atoms with Crippen LogP contribution in [-0.4, -0.2) is 76.7 Å². The number of anilines is 3. The van der Waals surface area contributed by atoms with E-state index in [0.717, 1.165) is 37.9 Å². The summed E-state index contributed by atoms with van der Waals surface area (Å²) >= 11 is 1.73. The predicted octanol–water partition coefficient (Wildman–Crippen LogP) is 7.24. The van der Waals surface area contributed by atoms with Crippen LogP contribution < -0.4 is 25.4 Å². The Morgan fingerprint density at radius 1 is 0.857 bits per heavy atom. The lowest BCUT2D eigenvalue weighted by atomic mass is 9.80. The summed E-state index contributed by atoms with van der Waals surface area (Å²) in [5.74, 6) is 7.91. The summed E-state index contributed by atoms with van der Waals surface area (Å²) in [4.78, 5) is 31.0. The number of aromatic nitrogens is 4. The molecule has 13 nitrogen and oxygen atoms in total. The van der Waals surface area contributed by atoms with Gasteiger partial charge < -0.3 is 40.0 Å². The average Bonchev–Trinajstić information content (AvgIpc) is 3.89. The number of para-hydroxylation sites is 2. The normalized spacial score (nSPS) is 16.7. The van der Waals surface area contributed by atoms with Crippen LogP contribution in [0.1, 0.15) is 41.6 Å². The first-order valence-electron chi connectivity index (χ1n) is 20.6. The Morgan fingerprint density at radius 3 is 2.10 bits per heavy atom. The van der Waals surface area contributed by atoms with Gasteiger partial charge >= 0.3 is 0 Å². The highest BCUT2D eigenvalue weighted by molar-refractivity contribution is 7.99. The van der Waals surface area contributed by atoms with E-state index in [0.29, 0.717) is 35.0 Å². The number of carbonyl (C=O) groups excluding carboxylic acids is 1. The molecule has 2 aromatic heterocycles. The van der Waals surface area contributed by atoms with Crippen molar-refractivity contribution in [2.24, 2.45) is 0 Å². The Bertz CT molecular complexity index is 2700. The Kier molecular flexibility index (Phi) is 12.0. The number of benzene rings is 5. The summed E-state index contributed by atoms with van der Waals surface area (Å²) in [7, 11) is 3.26. The van der Waals surface area contributed by atoms with Crippen molar-refractivity contribution in [3.8, 4) is 23.3 Å². The minimum Gasteiger partial charge on any atom is -0.497 e. The number of amides is 1. The van der Waals surface area contributed by atoms with Gasteiger partial charge in [-0.05, 0) is 71.1 Å². The zero-order valence-electron chi connectivity index (χ0n) is 34.7. The van der Waals surface area contributed by atoms with E-state index in [1.807, 2.05) is 103 Å². The van der Waals surface area contributed by atoms with Gasteiger partial charge in [0.1, 0.15) is 35.8 Å². The highest BCUT2D eigenvalue weighted by atomic mass is 32.2. The minimum atomic E-state index is -1.12. The molecule has 3 atom stereocenters. The summed E-state index contributed by atoms with van der Waals surface area (Å²) in [6.45, 7) is 0.588. The van der Waals surface area contributed by atoms with Gasteiger partial charge in [-0.25, -0.2) is 15.0 Å². The van der Waals surface area contributed by atoms with E-state index in [2.05, 4.69) is 56.3 Å². The van der Waals surface area contributed by atoms with Gasteiger partial charge in [-0.3, -0.25) is 9.36 Å². The Morgan fingerprint density at radius 2 is 1.46 bits per heavy atom. The summed E-state index contributed by atoms with van der Waals surface area (Å²) in [6.07, 6.45) is -0.602. The molecule has 2 aliphatic rings. The second-order valence-corrected chi connectivity index (χ2v) is 16.1. The van der Waals surface area contributed by atoms with E-state index in [9.17, 15) is 9.90 Å². The number of imidazole rings is 1. The fourth-order valence-electron chi connectivity index (χ4n) is 8.18. The number of nitrogen functional groups attached to an aromatic ring is 1. The third-order valence-corrected chi connectivity index (χ3v) is 12.4. The van der Waals surface area contributed by atoms with E-state index in [1.54, 1.807) is 30.5 Å². The molecule has 0 bridgehead atoms. The van der Waals surface area contributed by atoms with Crippen LogP contribution >= 0.6 is 11.8 Å². The first-order chi connectivity index (χ1) is 30.9. The van der Waals surface area contributed by atoms with Crippen LogP contribution in [0.5, 0.6) is 11.5 Å². The molecule has 0 radical (unpaired) electrons. The monoisotopic (exact) mass is 859 g/mol. The smallest absolute Gasteiger partial charge is 0.222 e. The maximum atomic E-state index is 13.2. The fourth-order valence-corrected chi connectivity index (χ4v) is 9.28. The maximum absolute atomic E-state index is 13.2. The molecule has 63 heavy (non-hydrogen) atoms. The Balaban J connectivity index is 0.938. The lowest BCUT2D eigenvalue weighted by Gasteiger charge is -2.37. The molecule has 5 aromatic carbocycles. The first kappa shape index (κ1) is 41.5. The number of nitrogens with one attached hydrogen (secondary N) is 1. The van der Waals surface area contributed by atoms with Crippen molar-refractivity contribution in [3.05, 3.63) is 156 Å². The van der Waals surface area contributed by atoms with Crippen molar-refractivity contribution in [2.75, 3.05) is 44.5 Å². The Labute approximate surface area is 369 Å². The lowest BCUT2D eigenvalue weighted by molar-refractivity contribution is -0.120. The highest BCUT2D eigenvalue weighted by Gasteiger charge is 2.43. The van der Waals surface area contributed by atoms with Gasteiger partial charge in [0, 0.05) is 29.2 Å². The van der Waals surface area contributed by atoms with Gasteiger partial charge in [0.05, 0.1) is 44.8 Å². The molecule has 0 spiro atoms. The van der Waals surface area contributed by atoms with Gasteiger partial charge in [-0.2, -0.15) is 0 Å². The summed E-state index contributed by atoms with van der Waals surface area (Å²) in [5.41, 5.74) is 10.6. The fraction of sp³-hybridized carbons (Fsp3) is 0.224. The van der Waals surface area contributed by atoms with Crippen molar-refractivity contribution in [1.29, 1.82) is 0 Å². The molecular formula is C49H45N7O6S. The van der Waals surface area contributed by atoms with Crippen LogP contribution in [0, 0.1) is 11.8 Å². The quantitative estimate of drug-likeness (QED) is 0.0790. The molecule has 4 N–H and O–H groups in total. The van der Waals surface area contributed by atoms with Crippen molar-refractivity contribution in [2.45, 2.75) is 46.7 Å². The molecule has 14 heteroatoms. The van der Waals surface area contributed by atoms with Gasteiger partial charge in [0.25, 0.3) is 0 Å². The highest BCUT2D eigenvalue weighted by Crippen LogP contribution is 2.48. The minimum absolute atomic E-state index is 0.00878. The van der Waals surface area contributed by atoms with Crippen LogP contribution in [-0.2, 0) is 19.9 Å². The number of methoxy groups -OCH3 is 2. The molecule has 2 aliphatic heterocycles. The molecule has 1 fully saturated rings. The van der Waals surface area contributed by atoms with E-state index >= 15 is 0 Å². The van der Waals surface area contributed by atoms with E-state index < -0.39 is 24.0 Å². The number of aliphatic hydroxyl groups excluding tert-OH is 1.